The molecule has 1 saturated heterocycles. The first-order chi connectivity index (χ1) is 57.4. The summed E-state index contributed by atoms with van der Waals surface area (Å²) >= 11 is 0. The van der Waals surface area contributed by atoms with Gasteiger partial charge in [-0.1, -0.05) is 0 Å². The Balaban J connectivity index is 0.980. The lowest BCUT2D eigenvalue weighted by molar-refractivity contribution is -0.306. The van der Waals surface area contributed by atoms with Crippen LogP contribution in [0.25, 0.3) is 0 Å². The van der Waals surface area contributed by atoms with Crippen LogP contribution in [-0.2, 0) is 100 Å². The third kappa shape index (κ3) is 22.2. The quantitative estimate of drug-likeness (QED) is 0.0375. The maximum absolute atomic E-state index is 15.6. The standard InChI is InChI=1S/C76H112O46/c77-32-1-22(2-33(78)53(32)92)67(103)113-47-16-27(11-42(87)58(47)97)66(102)112-21-52-63(119-72(108)28-12-43(88)59(98)48(17-28)114-68(104)23-3-34(79)54(93)35(80)4-23)64(120-73(109)29-13-44(89)60(99)49(18-29)115-69(105)24-5-36(81)55(94)37(82)6-24)65(121-74(110)30-14-45(90)61(100)50(19-30)116-70(106)25-7-38(83)56(95)39(84)8-25)76(118-52)122-75(111)31-15-46(91)62(101)51(20-31)117-71(107)26-9-40(85)57(96)41(86)10-26/h22-65,76-101H,1-21H2/t22?,23?,24?,25?,26?,27?,28?,29?,30?,31?,32?,33?,34?,35?,36?,37?,38?,39?,40?,41?,42?,43?,44?,45?,46?,47?,48?,49?,50?,51?,52?,53?,54?,55?,56?,57?,58?,59?,60?,61?,62?,63-,64-,65-,76-/m0/s1. The predicted octanol–water partition coefficient (Wildman–Crippen LogP) is -12.8. The van der Waals surface area contributed by atoms with Crippen LogP contribution in [0.3, 0.4) is 0 Å². The van der Waals surface area contributed by atoms with E-state index in [0.29, 0.717) is 0 Å². The number of rotatable bonds is 21. The molecule has 25 N–H and O–H groups in total. The highest BCUT2D eigenvalue weighted by Gasteiger charge is 2.60. The molecule has 1 heterocycles. The number of aliphatic hydroxyl groups excluding tert-OH is 25. The van der Waals surface area contributed by atoms with Crippen LogP contribution in [-0.4, -0.2) is 408 Å². The predicted molar refractivity (Wildman–Crippen MR) is 382 cm³/mol. The van der Waals surface area contributed by atoms with Crippen LogP contribution < -0.4 is 0 Å². The third-order valence-electron chi connectivity index (χ3n) is 25.9. The van der Waals surface area contributed by atoms with Gasteiger partial charge in [0.05, 0.1) is 151 Å². The summed E-state index contributed by atoms with van der Waals surface area (Å²) in [6.07, 6.45) is -81.3. The molecule has 46 heteroatoms. The van der Waals surface area contributed by atoms with E-state index in [1.54, 1.807) is 0 Å². The summed E-state index contributed by atoms with van der Waals surface area (Å²) < 4.78 is 64.7. The monoisotopic (exact) mass is 1760 g/mol. The van der Waals surface area contributed by atoms with Crippen molar-refractivity contribution in [1.29, 1.82) is 0 Å². The SMILES string of the molecule is O=C(OCC1O[C@@H](OC(=O)C2CC(O)C(O)C(OC(=O)C3CC(O)C(O)C(O)C3)C2)[C@@H](OC(=O)C2CC(O)C(O)C(OC(=O)C3CC(O)C(O)C(O)C3)C2)[C@@H](OC(=O)C2CC(O)C(O)C(OC(=O)C3CC(O)C(O)C(O)C3)C2)[C@H]1OC(=O)C1CC(O)C(O)C(OC(=O)C2CC(O)C(O)C(O)C2)C1)C1CC(O)C(O)C(OC(=O)C2CC(O)C(O)C(O)C2)C1. The molecular weight excluding hydrogens is 1650 g/mol. The fourth-order valence-corrected chi connectivity index (χ4v) is 18.5. The van der Waals surface area contributed by atoms with Crippen molar-refractivity contribution in [3.63, 3.8) is 0 Å². The number of aliphatic hydroxyl groups is 25. The van der Waals surface area contributed by atoms with Gasteiger partial charge in [-0.15, -0.1) is 0 Å². The van der Waals surface area contributed by atoms with Crippen LogP contribution in [0.1, 0.15) is 128 Å². The maximum Gasteiger partial charge on any atom is 0.311 e. The molecule has 31 unspecified atom stereocenters. The van der Waals surface area contributed by atoms with E-state index in [4.69, 9.17) is 52.1 Å². The summed E-state index contributed by atoms with van der Waals surface area (Å²) in [5, 5.41) is 269. The zero-order valence-corrected chi connectivity index (χ0v) is 65.6. The summed E-state index contributed by atoms with van der Waals surface area (Å²) in [6.45, 7) is -1.41. The molecule has 11 fully saturated rings. The second-order valence-electron chi connectivity index (χ2n) is 34.8. The molecule has 0 aromatic rings. The lowest BCUT2D eigenvalue weighted by Crippen LogP contribution is -2.64. The van der Waals surface area contributed by atoms with Crippen molar-refractivity contribution in [2.24, 2.45) is 59.2 Å². The Labute approximate surface area is 693 Å². The van der Waals surface area contributed by atoms with Crippen LogP contribution >= 0.6 is 0 Å². The summed E-state index contributed by atoms with van der Waals surface area (Å²) in [7, 11) is 0. The maximum atomic E-state index is 15.6. The van der Waals surface area contributed by atoms with Gasteiger partial charge in [-0.05, 0) is 96.3 Å². The van der Waals surface area contributed by atoms with Crippen LogP contribution in [0.15, 0.2) is 0 Å². The minimum Gasteiger partial charge on any atom is -0.463 e. The molecule has 0 radical (unpaired) electrons. The summed E-state index contributed by atoms with van der Waals surface area (Å²) in [4.78, 5) is 145. The topological polar surface area (TPSA) is 778 Å². The number of carbonyl (C=O) groups is 10. The van der Waals surface area contributed by atoms with Crippen LogP contribution in [0.5, 0.6) is 0 Å². The first-order valence-electron chi connectivity index (χ1n) is 41.0. The summed E-state index contributed by atoms with van der Waals surface area (Å²) in [5.41, 5.74) is 0. The van der Waals surface area contributed by atoms with Gasteiger partial charge in [0, 0.05) is 32.1 Å². The van der Waals surface area contributed by atoms with E-state index in [-0.39, 0.29) is 0 Å². The molecule has 35 atom stereocenters. The number of hydrogen-bond donors (Lipinski definition) is 25. The van der Waals surface area contributed by atoms with E-state index in [0.717, 1.165) is 0 Å². The molecular formula is C76H112O46. The molecule has 1 aliphatic heterocycles. The van der Waals surface area contributed by atoms with Gasteiger partial charge in [0.25, 0.3) is 0 Å². The Morgan fingerprint density at radius 2 is 0.352 bits per heavy atom. The zero-order valence-electron chi connectivity index (χ0n) is 65.6. The smallest absolute Gasteiger partial charge is 0.311 e. The van der Waals surface area contributed by atoms with Crippen molar-refractivity contribution in [3.8, 4) is 0 Å². The number of ether oxygens (including phenoxy) is 11. The van der Waals surface area contributed by atoms with Crippen molar-refractivity contribution in [2.75, 3.05) is 6.61 Å². The highest BCUT2D eigenvalue weighted by molar-refractivity contribution is 5.79. The minimum atomic E-state index is -2.77. The first-order valence-corrected chi connectivity index (χ1v) is 41.0. The van der Waals surface area contributed by atoms with Gasteiger partial charge in [-0.2, -0.15) is 0 Å². The van der Waals surface area contributed by atoms with Crippen LogP contribution in [0, 0.1) is 59.2 Å². The van der Waals surface area contributed by atoms with Crippen molar-refractivity contribution in [2.45, 2.75) is 342 Å². The lowest BCUT2D eigenvalue weighted by atomic mass is 9.81. The van der Waals surface area contributed by atoms with E-state index < -0.39 is 468 Å². The Morgan fingerprint density at radius 1 is 0.189 bits per heavy atom. The Hall–Kier alpha value is -6.34. The molecule has 10 saturated carbocycles. The van der Waals surface area contributed by atoms with Crippen molar-refractivity contribution in [3.05, 3.63) is 0 Å². The summed E-state index contributed by atoms with van der Waals surface area (Å²) in [5.74, 6) is -29.9. The van der Waals surface area contributed by atoms with Gasteiger partial charge < -0.3 is 180 Å². The van der Waals surface area contributed by atoms with Crippen molar-refractivity contribution >= 4 is 59.7 Å². The van der Waals surface area contributed by atoms with Gasteiger partial charge >= 0.3 is 59.7 Å². The molecule has 0 aromatic heterocycles. The molecule has 0 bridgehead atoms. The molecule has 10 aliphatic carbocycles. The molecule has 11 aliphatic rings. The van der Waals surface area contributed by atoms with E-state index in [1.807, 2.05) is 0 Å². The van der Waals surface area contributed by atoms with E-state index >= 15 is 19.2 Å². The number of hydrogen-bond acceptors (Lipinski definition) is 46. The first kappa shape index (κ1) is 96.3. The molecule has 692 valence electrons. The second kappa shape index (κ2) is 40.7. The Bertz CT molecular complexity index is 3570. The zero-order chi connectivity index (χ0) is 89.4. The summed E-state index contributed by atoms with van der Waals surface area (Å²) in [6, 6.07) is 0. The van der Waals surface area contributed by atoms with E-state index in [2.05, 4.69) is 0 Å². The molecule has 0 aromatic carbocycles. The molecule has 0 amide bonds. The largest absolute Gasteiger partial charge is 0.463 e. The van der Waals surface area contributed by atoms with Gasteiger partial charge in [0.2, 0.25) is 12.4 Å². The molecule has 46 nitrogen and oxygen atoms in total. The highest BCUT2D eigenvalue weighted by atomic mass is 16.8. The van der Waals surface area contributed by atoms with Crippen molar-refractivity contribution < 1.29 is 228 Å². The highest BCUT2D eigenvalue weighted by Crippen LogP contribution is 2.43. The molecule has 122 heavy (non-hydrogen) atoms. The van der Waals surface area contributed by atoms with Crippen molar-refractivity contribution in [1.82, 2.24) is 0 Å². The van der Waals surface area contributed by atoms with E-state index in [1.165, 1.54) is 0 Å². The third-order valence-corrected chi connectivity index (χ3v) is 25.9. The normalized spacial score (nSPS) is 47.0. The number of esters is 10. The molecule has 0 spiro atoms. The lowest BCUT2D eigenvalue weighted by Gasteiger charge is -2.46. The average Bonchev–Trinajstić information content (AvgIpc) is 0.764. The molecule has 11 rings (SSSR count). The fourth-order valence-electron chi connectivity index (χ4n) is 18.5. The van der Waals surface area contributed by atoms with Gasteiger partial charge in [0.1, 0.15) is 104 Å². The Morgan fingerprint density at radius 3 is 0.574 bits per heavy atom. The van der Waals surface area contributed by atoms with Crippen LogP contribution in [0.4, 0.5) is 0 Å². The van der Waals surface area contributed by atoms with Gasteiger partial charge in [-0.25, -0.2) is 0 Å². The van der Waals surface area contributed by atoms with Crippen LogP contribution in [0.2, 0.25) is 0 Å². The Kier molecular flexibility index (Phi) is 32.2. The second-order valence-corrected chi connectivity index (χ2v) is 34.8. The minimum absolute atomic E-state index is 0.462. The van der Waals surface area contributed by atoms with E-state index in [9.17, 15) is 156 Å². The van der Waals surface area contributed by atoms with Gasteiger partial charge in [-0.3, -0.25) is 47.9 Å². The average molecular weight is 1760 g/mol. The fraction of sp³-hybridized carbons (Fsp3) is 0.868. The van der Waals surface area contributed by atoms with Gasteiger partial charge in [0.15, 0.2) is 12.2 Å². The number of carbonyl (C=O) groups excluding carboxylic acids is 10.